The van der Waals surface area contributed by atoms with Crippen LogP contribution in [0.1, 0.15) is 0 Å². The van der Waals surface area contributed by atoms with Crippen molar-refractivity contribution in [2.75, 3.05) is 0 Å². The van der Waals surface area contributed by atoms with Crippen molar-refractivity contribution in [1.82, 2.24) is 9.97 Å². The van der Waals surface area contributed by atoms with Crippen molar-refractivity contribution in [3.8, 4) is 44.9 Å². The molecule has 7 aromatic carbocycles. The minimum atomic E-state index is 0.716. The van der Waals surface area contributed by atoms with Gasteiger partial charge in [-0.05, 0) is 45.7 Å². The second-order valence-electron chi connectivity index (χ2n) is 12.2. The molecule has 0 saturated carbocycles. The molecule has 0 aliphatic heterocycles. The van der Waals surface area contributed by atoms with E-state index in [0.29, 0.717) is 5.82 Å². The third-order valence-electron chi connectivity index (χ3n) is 9.32. The molecule has 0 aliphatic rings. The number of nitrogens with zero attached hydrogens (tertiary/aromatic N) is 2. The topological polar surface area (TPSA) is 38.9 Å². The number of para-hydroxylation sites is 2. The van der Waals surface area contributed by atoms with Gasteiger partial charge in [-0.25, -0.2) is 9.97 Å². The highest BCUT2D eigenvalue weighted by Gasteiger charge is 2.17. The smallest absolute Gasteiger partial charge is 0.160 e. The fourth-order valence-electron chi connectivity index (χ4n) is 6.88. The van der Waals surface area contributed by atoms with E-state index in [4.69, 9.17) is 14.4 Å². The molecule has 0 radical (unpaired) electrons. The molecule has 3 aromatic heterocycles. The Bertz CT molecular complexity index is 2830. The Labute approximate surface area is 280 Å². The summed E-state index contributed by atoms with van der Waals surface area (Å²) in [4.78, 5) is 10.4. The Balaban J connectivity index is 1.08. The Kier molecular flexibility index (Phi) is 6.05. The van der Waals surface area contributed by atoms with Gasteiger partial charge in [-0.2, -0.15) is 0 Å². The van der Waals surface area contributed by atoms with Crippen LogP contribution in [0, 0.1) is 0 Å². The van der Waals surface area contributed by atoms with E-state index < -0.39 is 0 Å². The number of benzene rings is 7. The van der Waals surface area contributed by atoms with Crippen molar-refractivity contribution in [3.05, 3.63) is 158 Å². The molecular formula is C44H26N2OS. The van der Waals surface area contributed by atoms with Crippen molar-refractivity contribution in [3.63, 3.8) is 0 Å². The molecule has 224 valence electrons. The molecule has 48 heavy (non-hydrogen) atoms. The summed E-state index contributed by atoms with van der Waals surface area (Å²) in [6.45, 7) is 0. The van der Waals surface area contributed by atoms with E-state index in [1.165, 1.54) is 26.6 Å². The van der Waals surface area contributed by atoms with E-state index in [9.17, 15) is 0 Å². The zero-order valence-corrected chi connectivity index (χ0v) is 26.5. The van der Waals surface area contributed by atoms with Crippen LogP contribution >= 0.6 is 11.3 Å². The molecule has 0 atom stereocenters. The fourth-order valence-corrected chi connectivity index (χ4v) is 8.03. The average molecular weight is 631 g/mol. The first kappa shape index (κ1) is 27.1. The van der Waals surface area contributed by atoms with Gasteiger partial charge >= 0.3 is 0 Å². The Morgan fingerprint density at radius 2 is 1.12 bits per heavy atom. The van der Waals surface area contributed by atoms with Crippen molar-refractivity contribution >= 4 is 64.4 Å². The molecule has 3 nitrogen and oxygen atoms in total. The normalized spacial score (nSPS) is 11.8. The minimum Gasteiger partial charge on any atom is -0.455 e. The van der Waals surface area contributed by atoms with Crippen LogP contribution in [0.25, 0.3) is 97.9 Å². The summed E-state index contributed by atoms with van der Waals surface area (Å²) < 4.78 is 8.64. The number of furan rings is 1. The van der Waals surface area contributed by atoms with Crippen LogP contribution < -0.4 is 0 Å². The summed E-state index contributed by atoms with van der Waals surface area (Å²) in [6.07, 6.45) is 0. The Morgan fingerprint density at radius 1 is 0.458 bits per heavy atom. The lowest BCUT2D eigenvalue weighted by atomic mass is 9.99. The maximum atomic E-state index is 6.33. The fraction of sp³-hybridized carbons (Fsp3) is 0. The predicted octanol–water partition coefficient (Wildman–Crippen LogP) is 12.6. The van der Waals surface area contributed by atoms with Gasteiger partial charge in [0.05, 0.1) is 15.9 Å². The number of aromatic nitrogens is 2. The zero-order valence-electron chi connectivity index (χ0n) is 25.7. The lowest BCUT2D eigenvalue weighted by Crippen LogP contribution is -1.94. The number of hydrogen-bond donors (Lipinski definition) is 0. The van der Waals surface area contributed by atoms with Crippen molar-refractivity contribution < 1.29 is 4.42 Å². The Hall–Kier alpha value is -6.10. The van der Waals surface area contributed by atoms with Gasteiger partial charge in [0.1, 0.15) is 11.2 Å². The monoisotopic (exact) mass is 630 g/mol. The highest BCUT2D eigenvalue weighted by molar-refractivity contribution is 7.26. The van der Waals surface area contributed by atoms with Gasteiger partial charge in [-0.15, -0.1) is 11.3 Å². The van der Waals surface area contributed by atoms with Crippen molar-refractivity contribution in [1.29, 1.82) is 0 Å². The predicted molar refractivity (Wildman–Crippen MR) is 201 cm³/mol. The number of thiophene rings is 1. The van der Waals surface area contributed by atoms with Crippen LogP contribution in [-0.4, -0.2) is 9.97 Å². The number of rotatable bonds is 4. The van der Waals surface area contributed by atoms with Crippen LogP contribution in [0.15, 0.2) is 162 Å². The summed E-state index contributed by atoms with van der Waals surface area (Å²) in [6, 6.07) is 55.5. The van der Waals surface area contributed by atoms with Crippen LogP contribution in [0.5, 0.6) is 0 Å². The third kappa shape index (κ3) is 4.34. The second-order valence-corrected chi connectivity index (χ2v) is 13.2. The zero-order chi connectivity index (χ0) is 31.6. The first-order chi connectivity index (χ1) is 23.8. The first-order valence-electron chi connectivity index (χ1n) is 16.1. The van der Waals surface area contributed by atoms with E-state index in [-0.39, 0.29) is 0 Å². The molecule has 4 heteroatoms. The first-order valence-corrected chi connectivity index (χ1v) is 16.9. The molecule has 0 unspecified atom stereocenters. The molecule has 0 fully saturated rings. The van der Waals surface area contributed by atoms with Gasteiger partial charge in [0.15, 0.2) is 5.82 Å². The lowest BCUT2D eigenvalue weighted by molar-refractivity contribution is 0.670. The number of hydrogen-bond acceptors (Lipinski definition) is 4. The number of fused-ring (bicyclic) bond motifs is 7. The van der Waals surface area contributed by atoms with E-state index >= 15 is 0 Å². The summed E-state index contributed by atoms with van der Waals surface area (Å²) in [7, 11) is 0. The van der Waals surface area contributed by atoms with E-state index in [1.54, 1.807) is 11.3 Å². The van der Waals surface area contributed by atoms with Gasteiger partial charge in [0, 0.05) is 37.5 Å². The largest absolute Gasteiger partial charge is 0.455 e. The van der Waals surface area contributed by atoms with Gasteiger partial charge in [0.25, 0.3) is 0 Å². The minimum absolute atomic E-state index is 0.716. The van der Waals surface area contributed by atoms with Gasteiger partial charge < -0.3 is 4.42 Å². The van der Waals surface area contributed by atoms with Crippen LogP contribution in [0.2, 0.25) is 0 Å². The van der Waals surface area contributed by atoms with E-state index in [2.05, 4.69) is 146 Å². The van der Waals surface area contributed by atoms with Crippen LogP contribution in [0.3, 0.4) is 0 Å². The van der Waals surface area contributed by atoms with E-state index in [1.807, 2.05) is 12.1 Å². The summed E-state index contributed by atoms with van der Waals surface area (Å²) in [5.74, 6) is 0.716. The second kappa shape index (κ2) is 10.7. The molecule has 0 N–H and O–H groups in total. The molecule has 0 bridgehead atoms. The van der Waals surface area contributed by atoms with Crippen LogP contribution in [0.4, 0.5) is 0 Å². The summed E-state index contributed by atoms with van der Waals surface area (Å²) in [5.41, 5.74) is 10.4. The SMILES string of the molecule is c1ccc2cc(-c3ccc(-c4nc(-c5ccc(-c6cccc7c6oc6ccccc67)cc5)nc5c4sc4ccccc45)cc3)ccc2c1. The highest BCUT2D eigenvalue weighted by atomic mass is 32.1. The van der Waals surface area contributed by atoms with E-state index in [0.717, 1.165) is 65.5 Å². The third-order valence-corrected chi connectivity index (χ3v) is 10.5. The molecule has 0 spiro atoms. The quantitative estimate of drug-likeness (QED) is 0.194. The molecule has 0 saturated heterocycles. The molecule has 10 rings (SSSR count). The van der Waals surface area contributed by atoms with Gasteiger partial charge in [-0.1, -0.05) is 140 Å². The van der Waals surface area contributed by atoms with Crippen molar-refractivity contribution in [2.24, 2.45) is 0 Å². The molecule has 0 amide bonds. The molecule has 10 aromatic rings. The van der Waals surface area contributed by atoms with Gasteiger partial charge in [-0.3, -0.25) is 0 Å². The van der Waals surface area contributed by atoms with Crippen LogP contribution in [-0.2, 0) is 0 Å². The maximum absolute atomic E-state index is 6.33. The molecule has 3 heterocycles. The lowest BCUT2D eigenvalue weighted by Gasteiger charge is -2.10. The average Bonchev–Trinajstić information content (AvgIpc) is 3.73. The standard InChI is InChI=1S/C44H26N2OS/c1-2-9-32-26-33(25-18-27(32)8-1)28-16-21-30(22-17-28)40-43-41(37-11-4-6-15-39(37)48-43)46-44(45-40)31-23-19-29(20-24-31)34-12-7-13-36-35-10-3-5-14-38(35)47-42(34)36/h1-26H. The Morgan fingerprint density at radius 3 is 2.00 bits per heavy atom. The molecule has 0 aliphatic carbocycles. The molecular weight excluding hydrogens is 605 g/mol. The summed E-state index contributed by atoms with van der Waals surface area (Å²) in [5, 5.41) is 5.91. The van der Waals surface area contributed by atoms with Gasteiger partial charge in [0.2, 0.25) is 0 Å². The highest BCUT2D eigenvalue weighted by Crippen LogP contribution is 2.41. The van der Waals surface area contributed by atoms with Crippen molar-refractivity contribution in [2.45, 2.75) is 0 Å². The summed E-state index contributed by atoms with van der Waals surface area (Å²) >= 11 is 1.76. The maximum Gasteiger partial charge on any atom is 0.160 e.